The number of hydrogen-bond donors (Lipinski definition) is 0. The molecule has 0 saturated carbocycles. The van der Waals surface area contributed by atoms with Gasteiger partial charge in [0.1, 0.15) is 0 Å². The number of amides is 1. The molecule has 28 heavy (non-hydrogen) atoms. The fourth-order valence-corrected chi connectivity index (χ4v) is 5.25. The summed E-state index contributed by atoms with van der Waals surface area (Å²) in [5, 5.41) is 0. The lowest BCUT2D eigenvalue weighted by molar-refractivity contribution is 0.0313. The van der Waals surface area contributed by atoms with Crippen molar-refractivity contribution in [2.75, 3.05) is 64.5 Å². The van der Waals surface area contributed by atoms with E-state index in [4.69, 9.17) is 0 Å². The average molecular weight is 409 g/mol. The van der Waals surface area contributed by atoms with Crippen LogP contribution >= 0.6 is 0 Å². The Morgan fingerprint density at radius 3 is 2.36 bits per heavy atom. The minimum absolute atomic E-state index is 0.0677. The normalized spacial score (nSPS) is 24.5. The van der Waals surface area contributed by atoms with E-state index in [1.165, 1.54) is 6.26 Å². The molecular weight excluding hydrogens is 376 g/mol. The molecule has 3 rings (SSSR count). The minimum atomic E-state index is -3.16. The summed E-state index contributed by atoms with van der Waals surface area (Å²) in [4.78, 5) is 19.2. The Labute approximate surface area is 168 Å². The Bertz CT molecular complexity index is 818. The summed E-state index contributed by atoms with van der Waals surface area (Å²) in [6, 6.07) is 7.72. The van der Waals surface area contributed by atoms with Crippen LogP contribution in [0.3, 0.4) is 0 Å². The molecule has 0 spiro atoms. The zero-order valence-electron chi connectivity index (χ0n) is 17.4. The molecule has 1 aromatic rings. The first-order valence-electron chi connectivity index (χ1n) is 9.93. The Morgan fingerprint density at radius 1 is 1.14 bits per heavy atom. The van der Waals surface area contributed by atoms with Crippen LogP contribution < -0.4 is 4.90 Å². The standard InChI is InChI=1S/C20H32N4O3S/c1-5-20(9-10-24(16-20)28(4,26)27)23-13-11-22(12-14-23)19(25)17-7-6-8-18(15-17)21(2)3/h6-8,15H,5,9-14,16H2,1-4H3/t20-/m1/s1. The maximum atomic E-state index is 12.9. The van der Waals surface area contributed by atoms with Crippen molar-refractivity contribution < 1.29 is 13.2 Å². The summed E-state index contributed by atoms with van der Waals surface area (Å²) in [7, 11) is 0.777. The third-order valence-corrected chi connectivity index (χ3v) is 7.52. The molecule has 7 nitrogen and oxygen atoms in total. The summed E-state index contributed by atoms with van der Waals surface area (Å²) < 4.78 is 25.5. The van der Waals surface area contributed by atoms with Crippen molar-refractivity contribution in [3.63, 3.8) is 0 Å². The fourth-order valence-electron chi connectivity index (χ4n) is 4.36. The highest BCUT2D eigenvalue weighted by Crippen LogP contribution is 2.33. The lowest BCUT2D eigenvalue weighted by Gasteiger charge is -2.45. The van der Waals surface area contributed by atoms with Crippen molar-refractivity contribution in [2.24, 2.45) is 0 Å². The van der Waals surface area contributed by atoms with Gasteiger partial charge < -0.3 is 9.80 Å². The molecule has 2 fully saturated rings. The Balaban J connectivity index is 1.65. The molecule has 156 valence electrons. The predicted octanol–water partition coefficient (Wildman–Crippen LogP) is 1.32. The molecule has 0 radical (unpaired) electrons. The zero-order valence-corrected chi connectivity index (χ0v) is 18.2. The molecule has 0 N–H and O–H groups in total. The van der Waals surface area contributed by atoms with Crippen LogP contribution in [-0.4, -0.2) is 93.6 Å². The second-order valence-electron chi connectivity index (χ2n) is 8.15. The molecule has 1 aromatic carbocycles. The summed E-state index contributed by atoms with van der Waals surface area (Å²) in [6.45, 7) is 6.19. The molecule has 0 bridgehead atoms. The molecular formula is C20H32N4O3S. The van der Waals surface area contributed by atoms with E-state index in [2.05, 4.69) is 11.8 Å². The fraction of sp³-hybridized carbons (Fsp3) is 0.650. The third-order valence-electron chi connectivity index (χ3n) is 6.27. The quantitative estimate of drug-likeness (QED) is 0.735. The van der Waals surface area contributed by atoms with Gasteiger partial charge in [-0.25, -0.2) is 12.7 Å². The number of benzene rings is 1. The van der Waals surface area contributed by atoms with Crippen molar-refractivity contribution in [1.82, 2.24) is 14.1 Å². The number of carbonyl (C=O) groups is 1. The molecule has 0 aliphatic carbocycles. The van der Waals surface area contributed by atoms with Gasteiger partial charge in [0, 0.05) is 70.2 Å². The molecule has 2 saturated heterocycles. The second-order valence-corrected chi connectivity index (χ2v) is 10.1. The summed E-state index contributed by atoms with van der Waals surface area (Å²) in [5.41, 5.74) is 1.62. The van der Waals surface area contributed by atoms with Gasteiger partial charge in [-0.2, -0.15) is 0 Å². The van der Waals surface area contributed by atoms with Crippen LogP contribution in [0.2, 0.25) is 0 Å². The van der Waals surface area contributed by atoms with Crippen molar-refractivity contribution in [3.8, 4) is 0 Å². The van der Waals surface area contributed by atoms with E-state index >= 15 is 0 Å². The van der Waals surface area contributed by atoms with Crippen LogP contribution in [0.15, 0.2) is 24.3 Å². The molecule has 1 amide bonds. The maximum Gasteiger partial charge on any atom is 0.254 e. The van der Waals surface area contributed by atoms with Crippen molar-refractivity contribution >= 4 is 21.6 Å². The number of sulfonamides is 1. The Morgan fingerprint density at radius 2 is 1.82 bits per heavy atom. The molecule has 8 heteroatoms. The first kappa shape index (κ1) is 21.1. The lowest BCUT2D eigenvalue weighted by atomic mass is 9.92. The number of carbonyl (C=O) groups excluding carboxylic acids is 1. The summed E-state index contributed by atoms with van der Waals surface area (Å²) >= 11 is 0. The molecule has 2 aliphatic rings. The number of piperazine rings is 1. The Kier molecular flexibility index (Phi) is 6.03. The SMILES string of the molecule is CC[C@@]1(N2CCN(C(=O)c3cccc(N(C)C)c3)CC2)CCN(S(C)(=O)=O)C1. The van der Waals surface area contributed by atoms with Crippen molar-refractivity contribution in [1.29, 1.82) is 0 Å². The van der Waals surface area contributed by atoms with Gasteiger partial charge in [0.25, 0.3) is 5.91 Å². The first-order valence-corrected chi connectivity index (χ1v) is 11.8. The highest BCUT2D eigenvalue weighted by atomic mass is 32.2. The monoisotopic (exact) mass is 408 g/mol. The number of nitrogens with zero attached hydrogens (tertiary/aromatic N) is 4. The molecule has 0 aromatic heterocycles. The van der Waals surface area contributed by atoms with Crippen LogP contribution in [0.25, 0.3) is 0 Å². The van der Waals surface area contributed by atoms with Gasteiger partial charge in [-0.3, -0.25) is 9.69 Å². The van der Waals surface area contributed by atoms with Gasteiger partial charge in [-0.15, -0.1) is 0 Å². The van der Waals surface area contributed by atoms with Gasteiger partial charge in [0.05, 0.1) is 6.26 Å². The average Bonchev–Trinajstić information content (AvgIpc) is 3.14. The number of hydrogen-bond acceptors (Lipinski definition) is 5. The molecule has 1 atom stereocenters. The van der Waals surface area contributed by atoms with Gasteiger partial charge in [0.2, 0.25) is 10.0 Å². The summed E-state index contributed by atoms with van der Waals surface area (Å²) in [6.07, 6.45) is 3.06. The number of rotatable bonds is 5. The van der Waals surface area contributed by atoms with Crippen LogP contribution in [0.1, 0.15) is 30.1 Å². The molecule has 2 heterocycles. The van der Waals surface area contributed by atoms with E-state index in [0.717, 1.165) is 31.6 Å². The predicted molar refractivity (Wildman–Crippen MR) is 112 cm³/mol. The first-order chi connectivity index (χ1) is 13.2. The second kappa shape index (κ2) is 8.00. The van der Waals surface area contributed by atoms with Crippen molar-refractivity contribution in [2.45, 2.75) is 25.3 Å². The van der Waals surface area contributed by atoms with Gasteiger partial charge >= 0.3 is 0 Å². The van der Waals surface area contributed by atoms with Crippen LogP contribution in [0, 0.1) is 0 Å². The van der Waals surface area contributed by atoms with E-state index in [1.54, 1.807) is 4.31 Å². The highest BCUT2D eigenvalue weighted by molar-refractivity contribution is 7.88. The topological polar surface area (TPSA) is 64.2 Å². The lowest BCUT2D eigenvalue weighted by Crippen LogP contribution is -2.59. The smallest absolute Gasteiger partial charge is 0.254 e. The highest BCUT2D eigenvalue weighted by Gasteiger charge is 2.45. The Hall–Kier alpha value is -1.64. The number of anilines is 1. The van der Waals surface area contributed by atoms with Crippen LogP contribution in [0.5, 0.6) is 0 Å². The van der Waals surface area contributed by atoms with E-state index in [9.17, 15) is 13.2 Å². The zero-order chi connectivity index (χ0) is 20.5. The summed E-state index contributed by atoms with van der Waals surface area (Å²) in [5.74, 6) is 0.0677. The van der Waals surface area contributed by atoms with Crippen molar-refractivity contribution in [3.05, 3.63) is 29.8 Å². The van der Waals surface area contributed by atoms with Crippen LogP contribution in [-0.2, 0) is 10.0 Å². The van der Waals surface area contributed by atoms with E-state index in [-0.39, 0.29) is 11.4 Å². The largest absolute Gasteiger partial charge is 0.378 e. The van der Waals surface area contributed by atoms with Gasteiger partial charge in [-0.05, 0) is 31.0 Å². The third kappa shape index (κ3) is 4.18. The van der Waals surface area contributed by atoms with E-state index < -0.39 is 10.0 Å². The van der Waals surface area contributed by atoms with Gasteiger partial charge in [0.15, 0.2) is 0 Å². The van der Waals surface area contributed by atoms with E-state index in [0.29, 0.717) is 31.7 Å². The molecule has 2 aliphatic heterocycles. The van der Waals surface area contributed by atoms with Crippen LogP contribution in [0.4, 0.5) is 5.69 Å². The van der Waals surface area contributed by atoms with E-state index in [1.807, 2.05) is 48.2 Å². The van der Waals surface area contributed by atoms with Gasteiger partial charge in [-0.1, -0.05) is 13.0 Å². The molecule has 0 unspecified atom stereocenters. The minimum Gasteiger partial charge on any atom is -0.378 e. The maximum absolute atomic E-state index is 12.9.